The minimum Gasteiger partial charge on any atom is -0.469 e. The molecule has 0 atom stereocenters. The van der Waals surface area contributed by atoms with E-state index in [0.717, 1.165) is 5.56 Å². The highest BCUT2D eigenvalue weighted by Gasteiger charge is 2.14. The molecule has 0 aliphatic rings. The fourth-order valence-electron chi connectivity index (χ4n) is 2.57. The predicted molar refractivity (Wildman–Crippen MR) is 101 cm³/mol. The van der Waals surface area contributed by atoms with E-state index in [2.05, 4.69) is 15.1 Å². The van der Waals surface area contributed by atoms with Crippen molar-refractivity contribution in [1.29, 1.82) is 5.26 Å². The molecule has 0 amide bonds. The molecule has 4 aromatic rings. The Hall–Kier alpha value is -4.12. The summed E-state index contributed by atoms with van der Waals surface area (Å²) in [6.07, 6.45) is 1.55. The second-order valence-corrected chi connectivity index (χ2v) is 6.06. The molecule has 0 aliphatic carbocycles. The molecule has 3 heterocycles. The molecular formula is C21H16N4O4. The molecule has 29 heavy (non-hydrogen) atoms. The van der Waals surface area contributed by atoms with Crippen LogP contribution in [0, 0.1) is 18.3 Å². The van der Waals surface area contributed by atoms with E-state index < -0.39 is 0 Å². The largest absolute Gasteiger partial charge is 0.469 e. The van der Waals surface area contributed by atoms with Crippen molar-refractivity contribution in [3.8, 4) is 29.3 Å². The van der Waals surface area contributed by atoms with Gasteiger partial charge in [0.2, 0.25) is 11.8 Å². The maximum Gasteiger partial charge on any atom is 0.254 e. The van der Waals surface area contributed by atoms with Crippen LogP contribution < -0.4 is 9.47 Å². The van der Waals surface area contributed by atoms with Gasteiger partial charge in [-0.05, 0) is 36.3 Å². The lowest BCUT2D eigenvalue weighted by atomic mass is 10.2. The van der Waals surface area contributed by atoms with Crippen molar-refractivity contribution in [1.82, 2.24) is 15.1 Å². The molecule has 0 bridgehead atoms. The number of rotatable bonds is 7. The number of hydrogen-bond acceptors (Lipinski definition) is 8. The average molecular weight is 388 g/mol. The number of ether oxygens (including phenoxy) is 2. The number of pyridine rings is 1. The molecule has 0 saturated carbocycles. The fraction of sp³-hybridized carbons (Fsp3) is 0.143. The Morgan fingerprint density at radius 3 is 2.76 bits per heavy atom. The summed E-state index contributed by atoms with van der Waals surface area (Å²) in [6, 6.07) is 16.6. The van der Waals surface area contributed by atoms with Crippen LogP contribution in [0.5, 0.6) is 11.8 Å². The summed E-state index contributed by atoms with van der Waals surface area (Å²) >= 11 is 0. The van der Waals surface area contributed by atoms with E-state index in [9.17, 15) is 0 Å². The van der Waals surface area contributed by atoms with Gasteiger partial charge in [-0.1, -0.05) is 18.2 Å². The van der Waals surface area contributed by atoms with E-state index in [1.54, 1.807) is 24.4 Å². The molecule has 0 spiro atoms. The van der Waals surface area contributed by atoms with Crippen LogP contribution >= 0.6 is 0 Å². The van der Waals surface area contributed by atoms with Crippen molar-refractivity contribution in [3.63, 3.8) is 0 Å². The summed E-state index contributed by atoms with van der Waals surface area (Å²) in [4.78, 5) is 8.51. The van der Waals surface area contributed by atoms with E-state index in [1.165, 1.54) is 0 Å². The smallest absolute Gasteiger partial charge is 0.254 e. The molecule has 144 valence electrons. The van der Waals surface area contributed by atoms with Crippen LogP contribution in [-0.4, -0.2) is 15.1 Å². The van der Waals surface area contributed by atoms with Crippen molar-refractivity contribution in [3.05, 3.63) is 77.5 Å². The van der Waals surface area contributed by atoms with Gasteiger partial charge in [0.1, 0.15) is 29.7 Å². The number of benzene rings is 1. The van der Waals surface area contributed by atoms with Crippen LogP contribution in [-0.2, 0) is 13.2 Å². The molecule has 0 fully saturated rings. The first kappa shape index (κ1) is 18.3. The second-order valence-electron chi connectivity index (χ2n) is 6.06. The van der Waals surface area contributed by atoms with E-state index in [-0.39, 0.29) is 19.1 Å². The zero-order chi connectivity index (χ0) is 20.1. The molecule has 1 aromatic carbocycles. The third kappa shape index (κ3) is 4.25. The maximum absolute atomic E-state index is 9.06. The molecule has 0 aliphatic heterocycles. The Morgan fingerprint density at radius 1 is 1.07 bits per heavy atom. The maximum atomic E-state index is 9.06. The summed E-state index contributed by atoms with van der Waals surface area (Å²) in [5.41, 5.74) is 1.92. The lowest BCUT2D eigenvalue weighted by Crippen LogP contribution is -1.98. The zero-order valence-corrected chi connectivity index (χ0v) is 15.5. The molecule has 0 saturated heterocycles. The first-order valence-corrected chi connectivity index (χ1v) is 8.81. The lowest BCUT2D eigenvalue weighted by Gasteiger charge is -2.03. The molecule has 4 rings (SSSR count). The Morgan fingerprint density at radius 2 is 1.93 bits per heavy atom. The van der Waals surface area contributed by atoms with Crippen LogP contribution in [0.25, 0.3) is 11.5 Å². The molecule has 8 nitrogen and oxygen atoms in total. The van der Waals surface area contributed by atoms with E-state index in [1.807, 2.05) is 43.3 Å². The Bertz CT molecular complexity index is 1140. The Kier molecular flexibility index (Phi) is 5.21. The van der Waals surface area contributed by atoms with Crippen molar-refractivity contribution >= 4 is 0 Å². The summed E-state index contributed by atoms with van der Waals surface area (Å²) in [5.74, 6) is 2.19. The number of hydrogen-bond donors (Lipinski definition) is 0. The van der Waals surface area contributed by atoms with Gasteiger partial charge >= 0.3 is 0 Å². The third-order valence-corrected chi connectivity index (χ3v) is 4.05. The molecule has 0 N–H and O–H groups in total. The SMILES string of the molecule is Cc1oc(-c2ccccc2)nc1COc1cc(COc2ncccc2C#N)on1. The molecule has 3 aromatic heterocycles. The molecule has 8 heteroatoms. The van der Waals surface area contributed by atoms with E-state index in [4.69, 9.17) is 23.7 Å². The second kappa shape index (κ2) is 8.27. The standard InChI is InChI=1S/C21H16N4O4/c1-14-18(24-21(28-14)15-6-3-2-4-7-15)13-26-19-10-17(29-25-19)12-27-20-16(11-22)8-5-9-23-20/h2-10H,12-13H2,1H3. The topological polar surface area (TPSA) is 107 Å². The Balaban J connectivity index is 1.36. The summed E-state index contributed by atoms with van der Waals surface area (Å²) < 4.78 is 22.1. The van der Waals surface area contributed by atoms with Crippen molar-refractivity contribution in [2.45, 2.75) is 20.1 Å². The number of nitrogens with zero attached hydrogens (tertiary/aromatic N) is 4. The highest BCUT2D eigenvalue weighted by molar-refractivity contribution is 5.53. The normalized spacial score (nSPS) is 10.5. The first-order chi connectivity index (χ1) is 14.2. The third-order valence-electron chi connectivity index (χ3n) is 4.05. The van der Waals surface area contributed by atoms with Gasteiger partial charge in [-0.2, -0.15) is 5.26 Å². The van der Waals surface area contributed by atoms with Gasteiger partial charge in [0, 0.05) is 17.8 Å². The monoisotopic (exact) mass is 388 g/mol. The van der Waals surface area contributed by atoms with Crippen LogP contribution in [0.3, 0.4) is 0 Å². The first-order valence-electron chi connectivity index (χ1n) is 8.81. The van der Waals surface area contributed by atoms with Crippen molar-refractivity contribution in [2.24, 2.45) is 0 Å². The van der Waals surface area contributed by atoms with Crippen LogP contribution in [0.1, 0.15) is 22.8 Å². The minimum absolute atomic E-state index is 0.0726. The average Bonchev–Trinajstić information content (AvgIpc) is 3.38. The number of aryl methyl sites for hydroxylation is 1. The summed E-state index contributed by atoms with van der Waals surface area (Å²) in [7, 11) is 0. The minimum atomic E-state index is 0.0726. The van der Waals surface area contributed by atoms with Crippen LogP contribution in [0.4, 0.5) is 0 Å². The van der Waals surface area contributed by atoms with Gasteiger partial charge in [-0.15, -0.1) is 0 Å². The number of nitriles is 1. The molecular weight excluding hydrogens is 372 g/mol. The van der Waals surface area contributed by atoms with Gasteiger partial charge < -0.3 is 18.4 Å². The molecule has 0 radical (unpaired) electrons. The fourth-order valence-corrected chi connectivity index (χ4v) is 2.57. The van der Waals surface area contributed by atoms with E-state index >= 15 is 0 Å². The van der Waals surface area contributed by atoms with Crippen LogP contribution in [0.15, 0.2) is 63.7 Å². The van der Waals surface area contributed by atoms with Crippen LogP contribution in [0.2, 0.25) is 0 Å². The predicted octanol–water partition coefficient (Wildman–Crippen LogP) is 4.06. The van der Waals surface area contributed by atoms with Crippen molar-refractivity contribution < 1.29 is 18.4 Å². The lowest BCUT2D eigenvalue weighted by molar-refractivity contribution is 0.229. The highest BCUT2D eigenvalue weighted by atomic mass is 16.6. The number of oxazole rings is 1. The van der Waals surface area contributed by atoms with Gasteiger partial charge in [0.05, 0.1) is 0 Å². The van der Waals surface area contributed by atoms with Gasteiger partial charge in [-0.3, -0.25) is 0 Å². The Labute approximate surface area is 166 Å². The quantitative estimate of drug-likeness (QED) is 0.466. The van der Waals surface area contributed by atoms with Gasteiger partial charge in [-0.25, -0.2) is 9.97 Å². The molecule has 0 unspecified atom stereocenters. The van der Waals surface area contributed by atoms with Crippen molar-refractivity contribution in [2.75, 3.05) is 0 Å². The van der Waals surface area contributed by atoms with Gasteiger partial charge in [0.25, 0.3) is 5.88 Å². The highest BCUT2D eigenvalue weighted by Crippen LogP contribution is 2.23. The summed E-state index contributed by atoms with van der Waals surface area (Å²) in [5, 5.41) is 12.9. The van der Waals surface area contributed by atoms with E-state index in [0.29, 0.717) is 34.5 Å². The number of aromatic nitrogens is 3. The van der Waals surface area contributed by atoms with Gasteiger partial charge in [0.15, 0.2) is 12.4 Å². The summed E-state index contributed by atoms with van der Waals surface area (Å²) in [6.45, 7) is 2.09. The zero-order valence-electron chi connectivity index (χ0n) is 15.5.